The molecule has 0 saturated heterocycles. The number of benzene rings is 1. The molecule has 120 valence electrons. The molecule has 22 heavy (non-hydrogen) atoms. The van der Waals surface area contributed by atoms with Gasteiger partial charge in [-0.15, -0.1) is 0 Å². The minimum Gasteiger partial charge on any atom is -0.444 e. The Morgan fingerprint density at radius 2 is 2.14 bits per heavy atom. The van der Waals surface area contributed by atoms with Crippen molar-refractivity contribution in [3.8, 4) is 0 Å². The Labute approximate surface area is 137 Å². The van der Waals surface area contributed by atoms with E-state index < -0.39 is 11.7 Å². The molecule has 0 atom stereocenters. The molecular formula is C17H23ClN2O2. The van der Waals surface area contributed by atoms with Crippen LogP contribution in [0.3, 0.4) is 0 Å². The van der Waals surface area contributed by atoms with Crippen LogP contribution < -0.4 is 5.32 Å². The van der Waals surface area contributed by atoms with Crippen LogP contribution in [0, 0.1) is 0 Å². The fourth-order valence-corrected chi connectivity index (χ4v) is 1.83. The molecule has 1 aromatic rings. The first kappa shape index (κ1) is 18.2. The van der Waals surface area contributed by atoms with Crippen molar-refractivity contribution in [3.63, 3.8) is 0 Å². The predicted molar refractivity (Wildman–Crippen MR) is 93.2 cm³/mol. The summed E-state index contributed by atoms with van der Waals surface area (Å²) < 4.78 is 5.25. The van der Waals surface area contributed by atoms with Gasteiger partial charge in [-0.05, 0) is 52.3 Å². The lowest BCUT2D eigenvalue weighted by Gasteiger charge is -2.20. The minimum absolute atomic E-state index is 0.501. The van der Waals surface area contributed by atoms with Crippen molar-refractivity contribution in [1.29, 1.82) is 0 Å². The van der Waals surface area contributed by atoms with Gasteiger partial charge in [-0.25, -0.2) is 4.79 Å². The van der Waals surface area contributed by atoms with Crippen molar-refractivity contribution in [2.75, 3.05) is 11.9 Å². The number of anilines is 1. The number of halogens is 1. The molecule has 0 spiro atoms. The molecule has 1 rings (SSSR count). The van der Waals surface area contributed by atoms with Gasteiger partial charge in [0.15, 0.2) is 0 Å². The summed E-state index contributed by atoms with van der Waals surface area (Å²) in [6.45, 7) is 8.11. The Morgan fingerprint density at radius 1 is 1.41 bits per heavy atom. The Hall–Kier alpha value is -1.81. The number of hydrogen-bond donors (Lipinski definition) is 1. The van der Waals surface area contributed by atoms with Gasteiger partial charge in [-0.1, -0.05) is 23.8 Å². The van der Waals surface area contributed by atoms with Gasteiger partial charge in [0.05, 0.1) is 5.69 Å². The maximum Gasteiger partial charge on any atom is 0.412 e. The van der Waals surface area contributed by atoms with E-state index in [0.29, 0.717) is 17.3 Å². The molecule has 1 amide bonds. The molecule has 0 radical (unpaired) electrons. The van der Waals surface area contributed by atoms with Crippen LogP contribution in [0.15, 0.2) is 35.3 Å². The smallest absolute Gasteiger partial charge is 0.412 e. The largest absolute Gasteiger partial charge is 0.444 e. The van der Waals surface area contributed by atoms with E-state index in [9.17, 15) is 4.79 Å². The number of amides is 1. The summed E-state index contributed by atoms with van der Waals surface area (Å²) in [6, 6.07) is 5.21. The summed E-state index contributed by atoms with van der Waals surface area (Å²) in [5, 5.41) is 3.31. The van der Waals surface area contributed by atoms with Crippen LogP contribution in [0.5, 0.6) is 0 Å². The maximum absolute atomic E-state index is 11.9. The molecule has 4 nitrogen and oxygen atoms in total. The second-order valence-corrected chi connectivity index (χ2v) is 6.19. The highest BCUT2D eigenvalue weighted by atomic mass is 35.5. The van der Waals surface area contributed by atoms with Gasteiger partial charge in [0, 0.05) is 23.3 Å². The Morgan fingerprint density at radius 3 is 2.77 bits per heavy atom. The third-order valence-electron chi connectivity index (χ3n) is 2.54. The minimum atomic E-state index is -0.544. The zero-order chi connectivity index (χ0) is 16.6. The fourth-order valence-electron chi connectivity index (χ4n) is 1.65. The summed E-state index contributed by atoms with van der Waals surface area (Å²) in [6.07, 6.45) is 6.13. The first-order valence-corrected chi connectivity index (χ1v) is 7.60. The van der Waals surface area contributed by atoms with Crippen molar-refractivity contribution < 1.29 is 9.53 Å². The van der Waals surface area contributed by atoms with Gasteiger partial charge < -0.3 is 4.74 Å². The van der Waals surface area contributed by atoms with Crippen LogP contribution in [0.25, 0.3) is 0 Å². The van der Waals surface area contributed by atoms with Crippen LogP contribution in [0.2, 0.25) is 5.02 Å². The molecule has 0 aromatic heterocycles. The number of allylic oxidation sites excluding steroid dienone is 1. The van der Waals surface area contributed by atoms with E-state index in [-0.39, 0.29) is 0 Å². The second kappa shape index (κ2) is 8.59. The van der Waals surface area contributed by atoms with Crippen LogP contribution in [0.4, 0.5) is 10.5 Å². The quantitative estimate of drug-likeness (QED) is 0.467. The zero-order valence-corrected chi connectivity index (χ0v) is 14.3. The third kappa shape index (κ3) is 7.27. The molecular weight excluding hydrogens is 300 g/mol. The van der Waals surface area contributed by atoms with Gasteiger partial charge in [0.25, 0.3) is 0 Å². The normalized spacial score (nSPS) is 12.0. The van der Waals surface area contributed by atoms with Crippen LogP contribution in [-0.4, -0.2) is 24.5 Å². The number of nitrogens with zero attached hydrogens (tertiary/aromatic N) is 1. The molecule has 1 N–H and O–H groups in total. The highest BCUT2D eigenvalue weighted by Gasteiger charge is 2.17. The van der Waals surface area contributed by atoms with E-state index in [1.165, 1.54) is 0 Å². The van der Waals surface area contributed by atoms with E-state index in [1.54, 1.807) is 24.4 Å². The molecule has 5 heteroatoms. The molecule has 0 saturated carbocycles. The topological polar surface area (TPSA) is 50.7 Å². The number of rotatable bonds is 5. The van der Waals surface area contributed by atoms with Crippen molar-refractivity contribution in [3.05, 3.63) is 40.9 Å². The highest BCUT2D eigenvalue weighted by molar-refractivity contribution is 6.31. The first-order valence-electron chi connectivity index (χ1n) is 7.22. The lowest BCUT2D eigenvalue weighted by atomic mass is 10.2. The van der Waals surface area contributed by atoms with Gasteiger partial charge in [-0.3, -0.25) is 10.3 Å². The van der Waals surface area contributed by atoms with Crippen LogP contribution >= 0.6 is 11.6 Å². The van der Waals surface area contributed by atoms with Gasteiger partial charge in [0.2, 0.25) is 0 Å². The zero-order valence-electron chi connectivity index (χ0n) is 13.5. The molecule has 0 fully saturated rings. The third-order valence-corrected chi connectivity index (χ3v) is 2.78. The van der Waals surface area contributed by atoms with Gasteiger partial charge in [-0.2, -0.15) is 0 Å². The van der Waals surface area contributed by atoms with E-state index in [1.807, 2.05) is 33.8 Å². The maximum atomic E-state index is 11.9. The van der Waals surface area contributed by atoms with Gasteiger partial charge in [0.1, 0.15) is 5.60 Å². The molecule has 0 aliphatic heterocycles. The number of carbonyl (C=O) groups excluding carboxylic acids is 1. The van der Waals surface area contributed by atoms with E-state index in [0.717, 1.165) is 12.0 Å². The molecule has 0 unspecified atom stereocenters. The standard InChI is InChI=1S/C17H23ClN2O2/c1-5-6-7-10-19-12-13-11-14(18)8-9-15(13)20-16(21)22-17(2,3)4/h5-6,8-9,11-12H,7,10H2,1-4H3,(H,20,21)/b6-5-,19-12?. The molecule has 1 aromatic carbocycles. The Balaban J connectivity index is 2.80. The predicted octanol–water partition coefficient (Wildman–Crippen LogP) is 5.07. The molecule has 0 aliphatic carbocycles. The second-order valence-electron chi connectivity index (χ2n) is 5.75. The lowest BCUT2D eigenvalue weighted by Crippen LogP contribution is -2.27. The average molecular weight is 323 g/mol. The number of aliphatic imine (C=N–C) groups is 1. The number of ether oxygens (including phenoxy) is 1. The summed E-state index contributed by atoms with van der Waals surface area (Å²) >= 11 is 6.01. The van der Waals surface area contributed by atoms with Crippen LogP contribution in [0.1, 0.15) is 39.7 Å². The van der Waals surface area contributed by atoms with Crippen molar-refractivity contribution in [2.24, 2.45) is 4.99 Å². The summed E-state index contributed by atoms with van der Waals surface area (Å²) in [5.41, 5.74) is 0.823. The van der Waals surface area contributed by atoms with E-state index in [2.05, 4.69) is 16.4 Å². The summed E-state index contributed by atoms with van der Waals surface area (Å²) in [7, 11) is 0. The van der Waals surface area contributed by atoms with Crippen molar-refractivity contribution >= 4 is 29.6 Å². The van der Waals surface area contributed by atoms with Gasteiger partial charge >= 0.3 is 6.09 Å². The monoisotopic (exact) mass is 322 g/mol. The number of carbonyl (C=O) groups is 1. The Kier molecular flexibility index (Phi) is 7.12. The number of hydrogen-bond acceptors (Lipinski definition) is 3. The molecule has 0 heterocycles. The SMILES string of the molecule is C/C=C\CCN=Cc1cc(Cl)ccc1NC(=O)OC(C)(C)C. The molecule has 0 bridgehead atoms. The first-order chi connectivity index (χ1) is 10.3. The van der Waals surface area contributed by atoms with Crippen LogP contribution in [-0.2, 0) is 4.74 Å². The lowest BCUT2D eigenvalue weighted by molar-refractivity contribution is 0.0636. The average Bonchev–Trinajstić information content (AvgIpc) is 2.39. The van der Waals surface area contributed by atoms with Crippen molar-refractivity contribution in [2.45, 2.75) is 39.7 Å². The van der Waals surface area contributed by atoms with E-state index in [4.69, 9.17) is 16.3 Å². The Bertz CT molecular complexity index is 560. The fraction of sp³-hybridized carbons (Fsp3) is 0.412. The van der Waals surface area contributed by atoms with Crippen molar-refractivity contribution in [1.82, 2.24) is 0 Å². The van der Waals surface area contributed by atoms with E-state index >= 15 is 0 Å². The number of nitrogens with one attached hydrogen (secondary N) is 1. The highest BCUT2D eigenvalue weighted by Crippen LogP contribution is 2.20. The summed E-state index contributed by atoms with van der Waals surface area (Å²) in [5.74, 6) is 0. The molecule has 0 aliphatic rings. The summed E-state index contributed by atoms with van der Waals surface area (Å²) in [4.78, 5) is 16.2.